The summed E-state index contributed by atoms with van der Waals surface area (Å²) in [7, 11) is 0. The molecule has 0 amide bonds. The van der Waals surface area contributed by atoms with Crippen LogP contribution in [0.5, 0.6) is 0 Å². The van der Waals surface area contributed by atoms with Crippen molar-refractivity contribution in [1.82, 2.24) is 0 Å². The molecule has 0 aliphatic carbocycles. The smallest absolute Gasteiger partial charge is 0.337 e. The molecule has 0 fully saturated rings. The monoisotopic (exact) mass is 275 g/mol. The number of non-ortho nitro benzene ring substituents is 1. The largest absolute Gasteiger partial charge is 0.478 e. The summed E-state index contributed by atoms with van der Waals surface area (Å²) in [4.78, 5) is 22.0. The van der Waals surface area contributed by atoms with Crippen molar-refractivity contribution in [2.24, 2.45) is 0 Å². The molecule has 1 heterocycles. The summed E-state index contributed by atoms with van der Waals surface area (Å²) in [5.41, 5.74) is 0.542. The molecule has 96 valence electrons. The molecule has 19 heavy (non-hydrogen) atoms. The van der Waals surface area contributed by atoms with Crippen LogP contribution < -0.4 is 0 Å². The number of nitro groups is 1. The second-order valence-electron chi connectivity index (χ2n) is 3.69. The first-order valence-electron chi connectivity index (χ1n) is 5.31. The van der Waals surface area contributed by atoms with E-state index in [1.807, 2.05) is 0 Å². The summed E-state index contributed by atoms with van der Waals surface area (Å²) in [6.45, 7) is 0. The number of aliphatic carboxylic acids is 1. The number of thiophene rings is 1. The summed E-state index contributed by atoms with van der Waals surface area (Å²) in [6, 6.07) is 9.31. The Morgan fingerprint density at radius 3 is 2.68 bits per heavy atom. The van der Waals surface area contributed by atoms with Gasteiger partial charge in [-0.1, -0.05) is 18.2 Å². The van der Waals surface area contributed by atoms with E-state index in [1.165, 1.54) is 35.6 Å². The highest BCUT2D eigenvalue weighted by atomic mass is 32.1. The van der Waals surface area contributed by atoms with E-state index in [9.17, 15) is 20.0 Å². The topological polar surface area (TPSA) is 80.4 Å². The highest BCUT2D eigenvalue weighted by Crippen LogP contribution is 2.24. The van der Waals surface area contributed by atoms with Crippen molar-refractivity contribution < 1.29 is 14.8 Å². The first kappa shape index (κ1) is 13.0. The first-order chi connectivity index (χ1) is 9.08. The van der Waals surface area contributed by atoms with Gasteiger partial charge in [0.25, 0.3) is 5.69 Å². The Bertz CT molecular complexity index is 646. The highest BCUT2D eigenvalue weighted by Gasteiger charge is 2.12. The maximum Gasteiger partial charge on any atom is 0.337 e. The maximum absolute atomic E-state index is 11.2. The Kier molecular flexibility index (Phi) is 3.72. The van der Waals surface area contributed by atoms with Crippen LogP contribution in [0.3, 0.4) is 0 Å². The maximum atomic E-state index is 11.2. The fourth-order valence-corrected chi connectivity index (χ4v) is 2.30. The van der Waals surface area contributed by atoms with Crippen molar-refractivity contribution in [2.45, 2.75) is 0 Å². The Hall–Kier alpha value is -2.47. The van der Waals surface area contributed by atoms with Gasteiger partial charge in [-0.3, -0.25) is 10.1 Å². The van der Waals surface area contributed by atoms with Gasteiger partial charge in [-0.15, -0.1) is 11.3 Å². The molecular formula is C13H9NO4S. The van der Waals surface area contributed by atoms with Crippen molar-refractivity contribution in [3.8, 4) is 0 Å². The molecule has 2 aromatic rings. The van der Waals surface area contributed by atoms with E-state index in [2.05, 4.69) is 0 Å². The van der Waals surface area contributed by atoms with Gasteiger partial charge >= 0.3 is 5.97 Å². The van der Waals surface area contributed by atoms with Crippen LogP contribution in [0.1, 0.15) is 10.4 Å². The van der Waals surface area contributed by atoms with Crippen molar-refractivity contribution in [2.75, 3.05) is 0 Å². The molecule has 0 spiro atoms. The van der Waals surface area contributed by atoms with Crippen LogP contribution in [0.25, 0.3) is 11.6 Å². The van der Waals surface area contributed by atoms with E-state index in [4.69, 9.17) is 0 Å². The van der Waals surface area contributed by atoms with Crippen molar-refractivity contribution in [3.63, 3.8) is 0 Å². The van der Waals surface area contributed by atoms with Crippen LogP contribution in [0.4, 0.5) is 5.69 Å². The molecule has 0 radical (unpaired) electrons. The number of nitro benzene ring substituents is 1. The molecule has 0 aliphatic rings. The molecule has 0 saturated carbocycles. The lowest BCUT2D eigenvalue weighted by Gasteiger charge is -2.00. The molecule has 0 atom stereocenters. The van der Waals surface area contributed by atoms with E-state index in [1.54, 1.807) is 23.6 Å². The third kappa shape index (κ3) is 3.05. The minimum absolute atomic E-state index is 0.0651. The van der Waals surface area contributed by atoms with Crippen LogP contribution in [0.15, 0.2) is 41.8 Å². The van der Waals surface area contributed by atoms with E-state index in [0.717, 1.165) is 0 Å². The molecule has 5 nitrogen and oxygen atoms in total. The van der Waals surface area contributed by atoms with Crippen LogP contribution in [0.2, 0.25) is 0 Å². The van der Waals surface area contributed by atoms with Gasteiger partial charge in [0.15, 0.2) is 0 Å². The van der Waals surface area contributed by atoms with Crippen LogP contribution in [-0.2, 0) is 4.79 Å². The minimum atomic E-state index is -1.06. The lowest BCUT2D eigenvalue weighted by atomic mass is 10.1. The molecule has 1 aromatic heterocycles. The van der Waals surface area contributed by atoms with E-state index < -0.39 is 10.9 Å². The Morgan fingerprint density at radius 1 is 1.32 bits per heavy atom. The fourth-order valence-electron chi connectivity index (χ4n) is 1.56. The number of benzene rings is 1. The zero-order chi connectivity index (χ0) is 13.8. The number of carbonyl (C=O) groups is 1. The Morgan fingerprint density at radius 2 is 2.11 bits per heavy atom. The van der Waals surface area contributed by atoms with Gasteiger partial charge in [-0.2, -0.15) is 0 Å². The zero-order valence-electron chi connectivity index (χ0n) is 9.65. The molecule has 6 heteroatoms. The summed E-state index contributed by atoms with van der Waals surface area (Å²) in [6.07, 6.45) is 1.43. The van der Waals surface area contributed by atoms with Crippen LogP contribution >= 0.6 is 11.3 Å². The highest BCUT2D eigenvalue weighted by molar-refractivity contribution is 7.11. The SMILES string of the molecule is O=C(O)/C(=C\c1cccc([N+](=O)[O-])c1)c1cccs1. The number of hydrogen-bond acceptors (Lipinski definition) is 4. The fraction of sp³-hybridized carbons (Fsp3) is 0. The van der Waals surface area contributed by atoms with Gasteiger partial charge in [0.2, 0.25) is 0 Å². The van der Waals surface area contributed by atoms with Gasteiger partial charge in [0.1, 0.15) is 0 Å². The minimum Gasteiger partial charge on any atom is -0.478 e. The molecule has 1 N–H and O–H groups in total. The van der Waals surface area contributed by atoms with Crippen molar-refractivity contribution >= 4 is 34.6 Å². The van der Waals surface area contributed by atoms with E-state index in [-0.39, 0.29) is 11.3 Å². The van der Waals surface area contributed by atoms with Crippen molar-refractivity contribution in [3.05, 3.63) is 62.3 Å². The molecule has 2 rings (SSSR count). The molecule has 0 unspecified atom stereocenters. The summed E-state index contributed by atoms with van der Waals surface area (Å²) >= 11 is 1.31. The predicted molar refractivity (Wildman–Crippen MR) is 72.9 cm³/mol. The number of carboxylic acid groups (broad SMARTS) is 1. The summed E-state index contributed by atoms with van der Waals surface area (Å²) in [5.74, 6) is -1.06. The molecule has 1 aromatic carbocycles. The standard InChI is InChI=1S/C13H9NO4S/c15-13(16)11(12-5-2-6-19-12)8-9-3-1-4-10(7-9)14(17)18/h1-8H,(H,15,16)/b11-8-. The van der Waals surface area contributed by atoms with Gasteiger partial charge in [0, 0.05) is 17.0 Å². The van der Waals surface area contributed by atoms with E-state index in [0.29, 0.717) is 10.4 Å². The van der Waals surface area contributed by atoms with Crippen molar-refractivity contribution in [1.29, 1.82) is 0 Å². The molecule has 0 aliphatic heterocycles. The molecule has 0 bridgehead atoms. The number of nitrogens with zero attached hydrogens (tertiary/aromatic N) is 1. The second kappa shape index (κ2) is 5.45. The third-order valence-electron chi connectivity index (χ3n) is 2.41. The van der Waals surface area contributed by atoms with Crippen LogP contribution in [0, 0.1) is 10.1 Å². The lowest BCUT2D eigenvalue weighted by Crippen LogP contribution is -1.97. The van der Waals surface area contributed by atoms with Gasteiger partial charge in [-0.25, -0.2) is 4.79 Å². The number of rotatable bonds is 4. The van der Waals surface area contributed by atoms with Gasteiger partial charge in [0.05, 0.1) is 10.5 Å². The summed E-state index contributed by atoms with van der Waals surface area (Å²) < 4.78 is 0. The normalized spacial score (nSPS) is 11.3. The zero-order valence-corrected chi connectivity index (χ0v) is 10.5. The number of hydrogen-bond donors (Lipinski definition) is 1. The quantitative estimate of drug-likeness (QED) is 0.527. The van der Waals surface area contributed by atoms with Crippen LogP contribution in [-0.4, -0.2) is 16.0 Å². The second-order valence-corrected chi connectivity index (χ2v) is 4.64. The Balaban J connectivity index is 2.45. The average molecular weight is 275 g/mol. The van der Waals surface area contributed by atoms with Gasteiger partial charge < -0.3 is 5.11 Å². The lowest BCUT2D eigenvalue weighted by molar-refractivity contribution is -0.384. The predicted octanol–water partition coefficient (Wildman–Crippen LogP) is 3.28. The molecule has 0 saturated heterocycles. The van der Waals surface area contributed by atoms with Gasteiger partial charge in [-0.05, 0) is 23.1 Å². The first-order valence-corrected chi connectivity index (χ1v) is 6.19. The molecular weight excluding hydrogens is 266 g/mol. The third-order valence-corrected chi connectivity index (χ3v) is 3.31. The van der Waals surface area contributed by atoms with E-state index >= 15 is 0 Å². The average Bonchev–Trinajstić information content (AvgIpc) is 2.89. The summed E-state index contributed by atoms with van der Waals surface area (Å²) in [5, 5.41) is 21.6. The number of carboxylic acids is 1. The Labute approximate surface area is 112 Å².